The van der Waals surface area contributed by atoms with E-state index in [2.05, 4.69) is 6.92 Å². The van der Waals surface area contributed by atoms with Crippen molar-refractivity contribution >= 4 is 5.97 Å². The summed E-state index contributed by atoms with van der Waals surface area (Å²) in [5, 5.41) is 0. The minimum Gasteiger partial charge on any atom is -0.464 e. The van der Waals surface area contributed by atoms with E-state index in [4.69, 9.17) is 10.5 Å². The van der Waals surface area contributed by atoms with Gasteiger partial charge in [0.25, 0.3) is 0 Å². The highest BCUT2D eigenvalue weighted by Crippen LogP contribution is 2.32. The predicted molar refractivity (Wildman–Crippen MR) is 60.4 cm³/mol. The van der Waals surface area contributed by atoms with Crippen LogP contribution < -0.4 is 5.73 Å². The molecule has 3 heteroatoms. The Labute approximate surface area is 92.4 Å². The monoisotopic (exact) mass is 213 g/mol. The van der Waals surface area contributed by atoms with Crippen molar-refractivity contribution in [3.05, 3.63) is 0 Å². The minimum atomic E-state index is -0.694. The fourth-order valence-corrected chi connectivity index (χ4v) is 2.14. The SMILES string of the molecule is CCCOC(=O)C1(N)CCC(CC)CC1. The van der Waals surface area contributed by atoms with Crippen molar-refractivity contribution in [3.63, 3.8) is 0 Å². The molecular formula is C12H23NO2. The largest absolute Gasteiger partial charge is 0.464 e. The number of hydrogen-bond donors (Lipinski definition) is 1. The Morgan fingerprint density at radius 2 is 2.00 bits per heavy atom. The predicted octanol–water partition coefficient (Wildman–Crippen LogP) is 2.24. The van der Waals surface area contributed by atoms with Crippen LogP contribution >= 0.6 is 0 Å². The van der Waals surface area contributed by atoms with Crippen LogP contribution in [0.25, 0.3) is 0 Å². The van der Waals surface area contributed by atoms with Crippen LogP contribution in [0.15, 0.2) is 0 Å². The number of esters is 1. The molecule has 2 N–H and O–H groups in total. The van der Waals surface area contributed by atoms with E-state index in [0.29, 0.717) is 6.61 Å². The molecule has 1 saturated carbocycles. The normalized spacial score (nSPS) is 31.3. The smallest absolute Gasteiger partial charge is 0.326 e. The molecular weight excluding hydrogens is 190 g/mol. The third-order valence-electron chi connectivity index (χ3n) is 3.42. The van der Waals surface area contributed by atoms with E-state index in [-0.39, 0.29) is 5.97 Å². The lowest BCUT2D eigenvalue weighted by molar-refractivity contribution is -0.151. The van der Waals surface area contributed by atoms with Crippen LogP contribution in [0, 0.1) is 5.92 Å². The topological polar surface area (TPSA) is 52.3 Å². The van der Waals surface area contributed by atoms with E-state index in [0.717, 1.165) is 38.0 Å². The lowest BCUT2D eigenvalue weighted by atomic mass is 9.76. The molecule has 0 unspecified atom stereocenters. The van der Waals surface area contributed by atoms with E-state index in [9.17, 15) is 4.79 Å². The van der Waals surface area contributed by atoms with Gasteiger partial charge in [-0.1, -0.05) is 20.3 Å². The molecule has 0 aromatic carbocycles. The summed E-state index contributed by atoms with van der Waals surface area (Å²) in [4.78, 5) is 11.7. The van der Waals surface area contributed by atoms with Crippen molar-refractivity contribution in [2.75, 3.05) is 6.61 Å². The molecule has 0 atom stereocenters. The Kier molecular flexibility index (Phi) is 4.58. The van der Waals surface area contributed by atoms with E-state index >= 15 is 0 Å². The Balaban J connectivity index is 2.43. The van der Waals surface area contributed by atoms with Crippen molar-refractivity contribution in [1.82, 2.24) is 0 Å². The van der Waals surface area contributed by atoms with Gasteiger partial charge >= 0.3 is 5.97 Å². The minimum absolute atomic E-state index is 0.195. The Morgan fingerprint density at radius 3 is 2.47 bits per heavy atom. The molecule has 0 aromatic heterocycles. The zero-order valence-corrected chi connectivity index (χ0v) is 9.92. The van der Waals surface area contributed by atoms with Gasteiger partial charge in [-0.2, -0.15) is 0 Å². The average Bonchev–Trinajstić information content (AvgIpc) is 2.27. The van der Waals surface area contributed by atoms with Crippen molar-refractivity contribution in [2.45, 2.75) is 57.9 Å². The highest BCUT2D eigenvalue weighted by Gasteiger charge is 2.38. The first-order chi connectivity index (χ1) is 7.12. The first-order valence-electron chi connectivity index (χ1n) is 6.08. The van der Waals surface area contributed by atoms with Crippen molar-refractivity contribution < 1.29 is 9.53 Å². The van der Waals surface area contributed by atoms with Crippen LogP contribution in [-0.4, -0.2) is 18.1 Å². The molecule has 0 aromatic rings. The molecule has 0 bridgehead atoms. The number of nitrogens with two attached hydrogens (primary N) is 1. The third kappa shape index (κ3) is 3.20. The van der Waals surface area contributed by atoms with Gasteiger partial charge in [-0.05, 0) is 38.0 Å². The summed E-state index contributed by atoms with van der Waals surface area (Å²) in [6, 6.07) is 0. The van der Waals surface area contributed by atoms with Crippen LogP contribution in [0.5, 0.6) is 0 Å². The summed E-state index contributed by atoms with van der Waals surface area (Å²) >= 11 is 0. The van der Waals surface area contributed by atoms with Gasteiger partial charge < -0.3 is 10.5 Å². The average molecular weight is 213 g/mol. The quantitative estimate of drug-likeness (QED) is 0.729. The van der Waals surface area contributed by atoms with Gasteiger partial charge in [-0.15, -0.1) is 0 Å². The molecule has 1 aliphatic carbocycles. The van der Waals surface area contributed by atoms with Crippen LogP contribution in [-0.2, 0) is 9.53 Å². The molecule has 0 amide bonds. The van der Waals surface area contributed by atoms with Crippen LogP contribution in [0.4, 0.5) is 0 Å². The zero-order chi connectivity index (χ0) is 11.3. The maximum absolute atomic E-state index is 11.7. The molecule has 15 heavy (non-hydrogen) atoms. The molecule has 0 aliphatic heterocycles. The summed E-state index contributed by atoms with van der Waals surface area (Å²) in [7, 11) is 0. The molecule has 0 saturated heterocycles. The summed E-state index contributed by atoms with van der Waals surface area (Å²) < 4.78 is 5.14. The van der Waals surface area contributed by atoms with Gasteiger partial charge in [-0.3, -0.25) is 4.79 Å². The first-order valence-corrected chi connectivity index (χ1v) is 6.08. The van der Waals surface area contributed by atoms with Crippen molar-refractivity contribution in [2.24, 2.45) is 11.7 Å². The van der Waals surface area contributed by atoms with E-state index in [1.54, 1.807) is 0 Å². The van der Waals surface area contributed by atoms with Gasteiger partial charge in [-0.25, -0.2) is 0 Å². The Hall–Kier alpha value is -0.570. The maximum atomic E-state index is 11.7. The first kappa shape index (κ1) is 12.5. The van der Waals surface area contributed by atoms with Gasteiger partial charge in [0.15, 0.2) is 0 Å². The van der Waals surface area contributed by atoms with E-state index in [1.165, 1.54) is 6.42 Å². The number of ether oxygens (including phenoxy) is 1. The zero-order valence-electron chi connectivity index (χ0n) is 9.92. The summed E-state index contributed by atoms with van der Waals surface area (Å²) in [6.45, 7) is 4.68. The lowest BCUT2D eigenvalue weighted by Gasteiger charge is -2.34. The molecule has 3 nitrogen and oxygen atoms in total. The highest BCUT2D eigenvalue weighted by molar-refractivity contribution is 5.80. The standard InChI is InChI=1S/C12H23NO2/c1-3-9-15-11(14)12(13)7-5-10(4-2)6-8-12/h10H,3-9,13H2,1-2H3. The molecule has 0 radical (unpaired) electrons. The molecule has 1 aliphatic rings. The molecule has 1 fully saturated rings. The Morgan fingerprint density at radius 1 is 1.40 bits per heavy atom. The fourth-order valence-electron chi connectivity index (χ4n) is 2.14. The van der Waals surface area contributed by atoms with Crippen LogP contribution in [0.2, 0.25) is 0 Å². The third-order valence-corrected chi connectivity index (χ3v) is 3.42. The highest BCUT2D eigenvalue weighted by atomic mass is 16.5. The molecule has 88 valence electrons. The molecule has 0 heterocycles. The number of carbonyl (C=O) groups is 1. The van der Waals surface area contributed by atoms with Gasteiger partial charge in [0.2, 0.25) is 0 Å². The number of carbonyl (C=O) groups excluding carboxylic acids is 1. The maximum Gasteiger partial charge on any atom is 0.326 e. The Bertz CT molecular complexity index is 208. The molecule has 1 rings (SSSR count). The number of hydrogen-bond acceptors (Lipinski definition) is 3. The fraction of sp³-hybridized carbons (Fsp3) is 0.917. The second-order valence-electron chi connectivity index (χ2n) is 4.64. The second-order valence-corrected chi connectivity index (χ2v) is 4.64. The van der Waals surface area contributed by atoms with Crippen molar-refractivity contribution in [3.8, 4) is 0 Å². The van der Waals surface area contributed by atoms with Gasteiger partial charge in [0, 0.05) is 0 Å². The van der Waals surface area contributed by atoms with Crippen molar-refractivity contribution in [1.29, 1.82) is 0 Å². The number of rotatable bonds is 4. The van der Waals surface area contributed by atoms with Gasteiger partial charge in [0.1, 0.15) is 5.54 Å². The molecule has 0 spiro atoms. The second kappa shape index (κ2) is 5.50. The van der Waals surface area contributed by atoms with Crippen LogP contribution in [0.3, 0.4) is 0 Å². The van der Waals surface area contributed by atoms with Crippen LogP contribution in [0.1, 0.15) is 52.4 Å². The summed E-state index contributed by atoms with van der Waals surface area (Å²) in [6.07, 6.45) is 5.75. The van der Waals surface area contributed by atoms with E-state index in [1.807, 2.05) is 6.92 Å². The summed E-state index contributed by atoms with van der Waals surface area (Å²) in [5.74, 6) is 0.555. The van der Waals surface area contributed by atoms with E-state index < -0.39 is 5.54 Å². The lowest BCUT2D eigenvalue weighted by Crippen LogP contribution is -2.51. The van der Waals surface area contributed by atoms with Gasteiger partial charge in [0.05, 0.1) is 6.61 Å². The summed E-state index contributed by atoms with van der Waals surface area (Å²) in [5.41, 5.74) is 5.39.